The third-order valence-electron chi connectivity index (χ3n) is 25.1. The highest BCUT2D eigenvalue weighted by Gasteiger charge is 2.65. The zero-order valence-corrected chi connectivity index (χ0v) is 78.5. The first-order chi connectivity index (χ1) is 63.8. The third-order valence-corrected chi connectivity index (χ3v) is 26.7. The third kappa shape index (κ3) is 30.2. The number of nitrogens with one attached hydrogen (secondary N) is 6. The number of methoxy groups -OCH3 is 2. The Balaban J connectivity index is 0.602. The highest BCUT2D eigenvalue weighted by Crippen LogP contribution is 2.50. The Morgan fingerprint density at radius 1 is 0.774 bits per heavy atom. The van der Waals surface area contributed by atoms with Gasteiger partial charge in [0, 0.05) is 103 Å². The Morgan fingerprint density at radius 3 is 2.13 bits per heavy atom. The summed E-state index contributed by atoms with van der Waals surface area (Å²) >= 11 is 8.02. The van der Waals surface area contributed by atoms with Crippen LogP contribution >= 0.6 is 23.4 Å². The fourth-order valence-corrected chi connectivity index (χ4v) is 18.5. The van der Waals surface area contributed by atoms with Crippen molar-refractivity contribution in [2.45, 2.75) is 215 Å². The van der Waals surface area contributed by atoms with Crippen molar-refractivity contribution in [1.82, 2.24) is 46.6 Å². The molecular formula is C96H128ClN11O24S. The monoisotopic (exact) mass is 1890 g/mol. The number of imide groups is 1. The lowest BCUT2D eigenvalue weighted by atomic mass is 9.81. The highest BCUT2D eigenvalue weighted by molar-refractivity contribution is 8.00. The number of alkyl carbamates (subject to hydrolysis) is 1. The van der Waals surface area contributed by atoms with E-state index < -0.39 is 137 Å². The summed E-state index contributed by atoms with van der Waals surface area (Å²) in [6.07, 6.45) is 10.7. The smallest absolute Gasteiger partial charge is 0.409 e. The van der Waals surface area contributed by atoms with Crippen LogP contribution in [0.15, 0.2) is 115 Å². The van der Waals surface area contributed by atoms with E-state index in [1.807, 2.05) is 61.6 Å². The molecule has 4 fully saturated rings. The minimum atomic E-state index is -1.92. The van der Waals surface area contributed by atoms with Crippen molar-refractivity contribution in [3.05, 3.63) is 142 Å². The summed E-state index contributed by atoms with van der Waals surface area (Å²) in [5.41, 5.74) is 6.97. The topological polar surface area (TPSA) is 460 Å². The van der Waals surface area contributed by atoms with Gasteiger partial charge in [0.1, 0.15) is 58.9 Å². The predicted molar refractivity (Wildman–Crippen MR) is 492 cm³/mol. The number of thioether (sulfide) groups is 1. The van der Waals surface area contributed by atoms with Gasteiger partial charge in [-0.05, 0) is 132 Å². The number of allylic oxidation sites excluding steroid dienone is 5. The number of anilines is 1. The van der Waals surface area contributed by atoms with Gasteiger partial charge in [-0.1, -0.05) is 127 Å². The Labute approximate surface area is 785 Å². The molecule has 4 bridgehead atoms. The number of esters is 1. The van der Waals surface area contributed by atoms with Crippen LogP contribution < -0.4 is 47.3 Å². The van der Waals surface area contributed by atoms with E-state index in [0.717, 1.165) is 39.6 Å². The fourth-order valence-electron chi connectivity index (χ4n) is 17.0. The van der Waals surface area contributed by atoms with E-state index in [4.69, 9.17) is 60.0 Å². The molecule has 2 aliphatic carbocycles. The quantitative estimate of drug-likeness (QED) is 0.0105. The van der Waals surface area contributed by atoms with Crippen molar-refractivity contribution in [3.63, 3.8) is 0 Å². The van der Waals surface area contributed by atoms with E-state index in [0.29, 0.717) is 69.5 Å². The van der Waals surface area contributed by atoms with Gasteiger partial charge in [0.2, 0.25) is 59.1 Å². The van der Waals surface area contributed by atoms with Crippen molar-refractivity contribution in [3.8, 4) is 17.6 Å². The number of aliphatic carboxylic acids is 1. The number of carbonyl (C=O) groups is 13. The van der Waals surface area contributed by atoms with Crippen molar-refractivity contribution in [2.75, 3.05) is 118 Å². The Kier molecular flexibility index (Phi) is 40.2. The number of nitrogens with zero attached hydrogens (tertiary/aromatic N) is 4. The molecule has 5 unspecified atom stereocenters. The number of unbranched alkanes of at least 4 members (excludes halogenated alkanes) is 1. The summed E-state index contributed by atoms with van der Waals surface area (Å²) in [6.45, 7) is 9.00. The molecule has 3 aromatic rings. The molecule has 1 saturated carbocycles. The lowest BCUT2D eigenvalue weighted by molar-refractivity contribution is -0.162. The first-order valence-electron chi connectivity index (χ1n) is 45.6. The van der Waals surface area contributed by atoms with Crippen LogP contribution in [0.4, 0.5) is 10.5 Å². The van der Waals surface area contributed by atoms with E-state index in [1.165, 1.54) is 49.9 Å². The number of fused-ring (bicyclic) bond motifs is 7. The minimum Gasteiger partial charge on any atom is -0.495 e. The lowest BCUT2D eigenvalue weighted by Gasteiger charge is -2.42. The number of likely N-dealkylation sites (tertiary alicyclic amines) is 1. The zero-order chi connectivity index (χ0) is 95.9. The van der Waals surface area contributed by atoms with Gasteiger partial charge in [0.25, 0.3) is 0 Å². The van der Waals surface area contributed by atoms with Gasteiger partial charge in [0.15, 0.2) is 5.72 Å². The zero-order valence-electron chi connectivity index (χ0n) is 76.9. The van der Waals surface area contributed by atoms with Crippen molar-refractivity contribution in [1.29, 1.82) is 0 Å². The molecule has 0 spiro atoms. The molecule has 7 aliphatic rings. The molecule has 35 nitrogen and oxygen atoms in total. The maximum atomic E-state index is 14.5. The van der Waals surface area contributed by atoms with Gasteiger partial charge >= 0.3 is 18.0 Å². The molecule has 5 heterocycles. The summed E-state index contributed by atoms with van der Waals surface area (Å²) in [5.74, 6) is -1.01. The molecule has 10 rings (SSSR count). The van der Waals surface area contributed by atoms with Gasteiger partial charge in [-0.25, -0.2) is 14.4 Å². The lowest BCUT2D eigenvalue weighted by Crippen LogP contribution is -2.63. The van der Waals surface area contributed by atoms with Crippen molar-refractivity contribution < 1.29 is 115 Å². The van der Waals surface area contributed by atoms with Crippen LogP contribution in [0, 0.1) is 35.5 Å². The van der Waals surface area contributed by atoms with Crippen LogP contribution in [0.1, 0.15) is 146 Å². The number of amides is 11. The van der Waals surface area contributed by atoms with Crippen molar-refractivity contribution in [2.24, 2.45) is 29.4 Å². The van der Waals surface area contributed by atoms with E-state index in [9.17, 15) is 72.5 Å². The number of likely N-dealkylation sites (N-methyl/N-ethyl adjacent to an activating group) is 1. The first-order valence-corrected chi connectivity index (χ1v) is 47.0. The maximum Gasteiger partial charge on any atom is 0.409 e. The summed E-state index contributed by atoms with van der Waals surface area (Å²) in [4.78, 5) is 183. The van der Waals surface area contributed by atoms with E-state index in [-0.39, 0.29) is 183 Å². The summed E-state index contributed by atoms with van der Waals surface area (Å²) < 4.78 is 52.1. The number of epoxide rings is 1. The molecule has 37 heteroatoms. The molecule has 133 heavy (non-hydrogen) atoms. The number of rotatable bonds is 45. The average Bonchev–Trinajstić information content (AvgIpc) is 1.56. The van der Waals surface area contributed by atoms with Crippen LogP contribution in [0.25, 0.3) is 0 Å². The number of carboxylic acids is 1. The van der Waals surface area contributed by atoms with Gasteiger partial charge < -0.3 is 99.9 Å². The van der Waals surface area contributed by atoms with Gasteiger partial charge in [-0.2, -0.15) is 0 Å². The number of ether oxygens (including phenoxy) is 9. The average molecular weight is 1890 g/mol. The second-order valence-electron chi connectivity index (χ2n) is 34.7. The number of halogens is 1. The normalized spacial score (nSPS) is 24.8. The molecule has 0 aromatic heterocycles. The molecular weight excluding hydrogens is 1760 g/mol. The molecule has 724 valence electrons. The number of carbonyl (C=O) groups excluding carboxylic acids is 12. The van der Waals surface area contributed by atoms with Gasteiger partial charge in [0.05, 0.1) is 102 Å². The van der Waals surface area contributed by atoms with Crippen LogP contribution in [0.5, 0.6) is 5.75 Å². The number of benzene rings is 3. The maximum absolute atomic E-state index is 14.5. The Bertz CT molecular complexity index is 4770. The van der Waals surface area contributed by atoms with Crippen LogP contribution in [0.3, 0.4) is 0 Å². The molecule has 0 radical (unpaired) electrons. The largest absolute Gasteiger partial charge is 0.495 e. The second-order valence-corrected chi connectivity index (χ2v) is 36.4. The molecule has 3 aromatic carbocycles. The number of carboxylic acid groups (broad SMARTS) is 1. The van der Waals surface area contributed by atoms with Gasteiger partial charge in [-0.15, -0.1) is 11.8 Å². The summed E-state index contributed by atoms with van der Waals surface area (Å²) in [7, 11) is 5.81. The Morgan fingerprint density at radius 2 is 1.44 bits per heavy atom. The number of hydrogen-bond donors (Lipinski definition) is 9. The molecule has 11 amide bonds. The summed E-state index contributed by atoms with van der Waals surface area (Å²) in [6, 6.07) is 14.9. The number of nitrogens with two attached hydrogens (primary N) is 1. The van der Waals surface area contributed by atoms with Gasteiger partial charge in [-0.3, -0.25) is 58.2 Å². The fraction of sp³-hybridized carbons (Fsp3) is 0.573. The summed E-state index contributed by atoms with van der Waals surface area (Å²) in [5, 5.41) is 37.9. The molecule has 14 atom stereocenters. The Hall–Kier alpha value is -10.6. The van der Waals surface area contributed by atoms with Crippen LogP contribution in [-0.4, -0.2) is 286 Å². The number of hydrogen-bond acceptors (Lipinski definition) is 25. The van der Waals surface area contributed by atoms with E-state index in [1.54, 1.807) is 73.4 Å². The first kappa shape index (κ1) is 104. The molecule has 5 aliphatic heterocycles. The minimum absolute atomic E-state index is 0.00137. The molecule has 10 N–H and O–H groups in total. The second kappa shape index (κ2) is 51.2. The number of aliphatic hydroxyl groups is 1. The predicted octanol–water partition coefficient (Wildman–Crippen LogP) is 5.85. The highest BCUT2D eigenvalue weighted by atomic mass is 35.5. The van der Waals surface area contributed by atoms with E-state index >= 15 is 0 Å². The van der Waals surface area contributed by atoms with E-state index in [2.05, 4.69) is 43.7 Å². The molecule has 3 saturated heterocycles. The van der Waals surface area contributed by atoms with Crippen molar-refractivity contribution >= 4 is 106 Å². The standard InChI is InChI=1S/C96H128ClN11O24S/c1-60-20-18-29-78(125-8)96(123)56-76(130-94(122)104-96)61(2)87-95(4,132-87)79(55-83(112)106(6)74-52-65(50-60)53-75(124-7)86(74)97)131-93(121)62(3)105(5)82(111)38-49-133-77-54-84(113)108(91(77)118)58-64-30-32-68(33-31-64)88(115)99-40-19-27-71(92(119)120)103-89(116)70(26-16-17-39-98)102-90(117)72(51-63-21-10-9-11-22-63)101-81(110)37-42-127-44-46-129-48-47-128-45-43-126-41-36-80(109)100-57-85(114)107-59-69-25-13-12-23-66(69)34-35-67-24-14-15-28-73(67)107/h9-15,18,20-25,28-29,52-53,61-62,64,67-68,70-73,76-79,87,123H,16-17,19,26-27,30-33,36-51,54-59,98H2,1-8H3,(H,99,115)(H,100,109)(H,101,110)(H,102,117)(H,103,116)(H,104,122)(H,119,120)/b29-18+,60-20+/t61-,62+,64?,67?,68?,70+,71?,72?,73?,76+,77?,78-,79+,87+,95+,96+/m1/s1. The van der Waals surface area contributed by atoms with Crippen LogP contribution in [-0.2, 0) is 115 Å². The SMILES string of the molecule is COc1cc2cc(c1Cl)N(C)C(=O)C[C@H](OC(=O)[C@H](C)N(C)C(=O)CCSC1CC(=O)N(CC3CCC(C(=O)NCCCC(NC(=O)[C@H](CCCCN)NC(=O)C(Cc4ccccc4)NC(=O)CCOCCOCCOCCOCCC(=O)NCC(=O)N4Cc5ccccc5C#CC5C=CC=CC54)C(=O)O)CC3)C1=O)[C@]1(C)O[C@H]1[C@H](C)[C@@H]1C[C@@](O)(NC(=O)O1)[C@H](OC)/C=C/C=C(\C)C2. The van der Waals surface area contributed by atoms with Crippen LogP contribution in [0.2, 0.25) is 5.02 Å².